The van der Waals surface area contributed by atoms with E-state index in [-0.39, 0.29) is 16.3 Å². The van der Waals surface area contributed by atoms with Crippen molar-refractivity contribution < 1.29 is 13.3 Å². The van der Waals surface area contributed by atoms with Crippen LogP contribution in [0.2, 0.25) is 0 Å². The molecular weight excluding hydrogens is 302 g/mol. The lowest BCUT2D eigenvalue weighted by Crippen LogP contribution is -2.27. The van der Waals surface area contributed by atoms with E-state index in [2.05, 4.69) is 4.72 Å². The maximum Gasteiger partial charge on any atom is 0.271 e. The van der Waals surface area contributed by atoms with Crippen LogP contribution in [-0.4, -0.2) is 31.4 Å². The number of hydrogen-bond donors (Lipinski definition) is 2. The quantitative estimate of drug-likeness (QED) is 0.448. The maximum atomic E-state index is 12.0. The fourth-order valence-electron chi connectivity index (χ4n) is 1.49. The molecule has 1 atom stereocenters. The van der Waals surface area contributed by atoms with Gasteiger partial charge in [-0.2, -0.15) is 11.8 Å². The molecule has 0 saturated heterocycles. The van der Waals surface area contributed by atoms with Crippen LogP contribution in [-0.2, 0) is 10.0 Å². The summed E-state index contributed by atoms with van der Waals surface area (Å²) in [6.07, 6.45) is 2.64. The predicted molar refractivity (Wildman–Crippen MR) is 80.3 cm³/mol. The lowest BCUT2D eigenvalue weighted by atomic mass is 10.3. The summed E-state index contributed by atoms with van der Waals surface area (Å²) < 4.78 is 26.5. The number of sulfonamides is 1. The van der Waals surface area contributed by atoms with E-state index in [1.165, 1.54) is 0 Å². The predicted octanol–water partition coefficient (Wildman–Crippen LogP) is 1.60. The maximum absolute atomic E-state index is 12.0. The van der Waals surface area contributed by atoms with Gasteiger partial charge >= 0.3 is 0 Å². The van der Waals surface area contributed by atoms with Gasteiger partial charge in [-0.1, -0.05) is 6.92 Å². The molecule has 0 aliphatic rings. The molecule has 0 bridgehead atoms. The van der Waals surface area contributed by atoms with Crippen LogP contribution >= 0.6 is 11.8 Å². The number of benzene rings is 1. The molecule has 9 heteroatoms. The number of nitro benzene ring substituents is 1. The number of nitrogens with two attached hydrogens (primary N) is 1. The number of nitrogens with zero attached hydrogens (tertiary/aromatic N) is 1. The third-order valence-corrected chi connectivity index (χ3v) is 5.31. The first-order valence-electron chi connectivity index (χ1n) is 5.84. The zero-order chi connectivity index (χ0) is 15.3. The van der Waals surface area contributed by atoms with E-state index in [1.54, 1.807) is 11.8 Å². The third kappa shape index (κ3) is 4.36. The van der Waals surface area contributed by atoms with Crippen LogP contribution in [0.4, 0.5) is 11.4 Å². The number of anilines is 1. The average molecular weight is 319 g/mol. The largest absolute Gasteiger partial charge is 0.397 e. The zero-order valence-corrected chi connectivity index (χ0v) is 12.8. The van der Waals surface area contributed by atoms with Gasteiger partial charge in [0, 0.05) is 23.9 Å². The summed E-state index contributed by atoms with van der Waals surface area (Å²) in [5.74, 6) is 0. The van der Waals surface area contributed by atoms with E-state index in [0.29, 0.717) is 18.2 Å². The van der Waals surface area contributed by atoms with Crippen LogP contribution in [0.15, 0.2) is 23.1 Å². The summed E-state index contributed by atoms with van der Waals surface area (Å²) in [5.41, 5.74) is 5.20. The van der Waals surface area contributed by atoms with Gasteiger partial charge in [-0.3, -0.25) is 10.1 Å². The van der Waals surface area contributed by atoms with Gasteiger partial charge in [-0.15, -0.1) is 0 Å². The molecule has 7 nitrogen and oxygen atoms in total. The van der Waals surface area contributed by atoms with Gasteiger partial charge in [0.15, 0.2) is 0 Å². The Morgan fingerprint density at radius 2 is 2.15 bits per heavy atom. The van der Waals surface area contributed by atoms with Crippen molar-refractivity contribution in [1.82, 2.24) is 4.72 Å². The van der Waals surface area contributed by atoms with E-state index in [4.69, 9.17) is 5.73 Å². The Morgan fingerprint density at radius 3 is 2.65 bits per heavy atom. The molecule has 1 unspecified atom stereocenters. The van der Waals surface area contributed by atoms with Gasteiger partial charge in [0.2, 0.25) is 10.0 Å². The molecule has 0 aromatic heterocycles. The summed E-state index contributed by atoms with van der Waals surface area (Å²) >= 11 is 1.64. The molecule has 112 valence electrons. The monoisotopic (exact) mass is 319 g/mol. The molecule has 1 rings (SSSR count). The van der Waals surface area contributed by atoms with Crippen LogP contribution in [0.3, 0.4) is 0 Å². The Bertz CT molecular complexity index is 589. The van der Waals surface area contributed by atoms with Crippen molar-refractivity contribution >= 4 is 33.2 Å². The highest BCUT2D eigenvalue weighted by Crippen LogP contribution is 2.23. The molecule has 0 aliphatic heterocycles. The van der Waals surface area contributed by atoms with Crippen LogP contribution in [0, 0.1) is 10.1 Å². The van der Waals surface area contributed by atoms with Gasteiger partial charge in [0.25, 0.3) is 5.69 Å². The summed E-state index contributed by atoms with van der Waals surface area (Å²) in [5, 5.41) is 10.9. The van der Waals surface area contributed by atoms with Gasteiger partial charge in [0.1, 0.15) is 4.90 Å². The van der Waals surface area contributed by atoms with Gasteiger partial charge in [-0.25, -0.2) is 13.1 Å². The molecule has 0 heterocycles. The number of nitrogens with one attached hydrogen (secondary N) is 1. The average Bonchev–Trinajstić information content (AvgIpc) is 2.37. The Labute approximate surface area is 122 Å². The molecule has 0 spiro atoms. The summed E-state index contributed by atoms with van der Waals surface area (Å²) in [6, 6.07) is 3.31. The molecule has 0 aliphatic carbocycles. The number of nitro groups is 1. The van der Waals surface area contributed by atoms with Crippen molar-refractivity contribution in [2.75, 3.05) is 18.5 Å². The highest BCUT2D eigenvalue weighted by Gasteiger charge is 2.19. The lowest BCUT2D eigenvalue weighted by molar-refractivity contribution is -0.384. The Hall–Kier alpha value is -1.32. The van der Waals surface area contributed by atoms with E-state index in [0.717, 1.165) is 18.2 Å². The van der Waals surface area contributed by atoms with E-state index in [1.807, 2.05) is 13.2 Å². The van der Waals surface area contributed by atoms with Crippen molar-refractivity contribution in [3.8, 4) is 0 Å². The second kappa shape index (κ2) is 6.91. The fraction of sp³-hybridized carbons (Fsp3) is 0.455. The second-order valence-electron chi connectivity index (χ2n) is 4.21. The van der Waals surface area contributed by atoms with E-state index in [9.17, 15) is 18.5 Å². The first-order chi connectivity index (χ1) is 9.27. The van der Waals surface area contributed by atoms with Crippen LogP contribution in [0.5, 0.6) is 0 Å². The number of hydrogen-bond acceptors (Lipinski definition) is 6. The zero-order valence-electron chi connectivity index (χ0n) is 11.2. The second-order valence-corrected chi connectivity index (χ2v) is 7.22. The summed E-state index contributed by atoms with van der Waals surface area (Å²) in [6.45, 7) is 2.29. The summed E-state index contributed by atoms with van der Waals surface area (Å²) in [4.78, 5) is 9.81. The Balaban J connectivity index is 2.85. The molecule has 3 N–H and O–H groups in total. The van der Waals surface area contributed by atoms with Gasteiger partial charge in [-0.05, 0) is 18.7 Å². The van der Waals surface area contributed by atoms with Crippen LogP contribution < -0.4 is 10.5 Å². The van der Waals surface area contributed by atoms with Crippen molar-refractivity contribution in [3.05, 3.63) is 28.3 Å². The Kier molecular flexibility index (Phi) is 5.78. The molecule has 0 amide bonds. The minimum Gasteiger partial charge on any atom is -0.397 e. The lowest BCUT2D eigenvalue weighted by Gasteiger charge is -2.11. The van der Waals surface area contributed by atoms with Crippen LogP contribution in [0.1, 0.15) is 13.3 Å². The minimum atomic E-state index is -3.74. The first-order valence-corrected chi connectivity index (χ1v) is 8.61. The van der Waals surface area contributed by atoms with Gasteiger partial charge in [0.05, 0.1) is 10.6 Å². The molecular formula is C11H17N3O4S2. The van der Waals surface area contributed by atoms with E-state index >= 15 is 0 Å². The standard InChI is InChI=1S/C11H17N3O4S2/c1-8(19-2)5-6-13-20(17,18)11-4-3-9(14(15)16)7-10(11)12/h3-4,7-8,13H,5-6,12H2,1-2H3. The summed E-state index contributed by atoms with van der Waals surface area (Å²) in [7, 11) is -3.74. The SMILES string of the molecule is CSC(C)CCNS(=O)(=O)c1ccc([N+](=O)[O-])cc1N. The normalized spacial score (nSPS) is 13.1. The minimum absolute atomic E-state index is 0.135. The van der Waals surface area contributed by atoms with Crippen molar-refractivity contribution in [2.24, 2.45) is 0 Å². The topological polar surface area (TPSA) is 115 Å². The first kappa shape index (κ1) is 16.7. The fourth-order valence-corrected chi connectivity index (χ4v) is 3.00. The van der Waals surface area contributed by atoms with Crippen LogP contribution in [0.25, 0.3) is 0 Å². The molecule has 1 aromatic carbocycles. The van der Waals surface area contributed by atoms with Gasteiger partial charge < -0.3 is 5.73 Å². The van der Waals surface area contributed by atoms with E-state index < -0.39 is 14.9 Å². The molecule has 0 saturated carbocycles. The number of nitrogen functional groups attached to an aromatic ring is 1. The third-order valence-electron chi connectivity index (χ3n) is 2.74. The molecule has 0 radical (unpaired) electrons. The number of thioether (sulfide) groups is 1. The molecule has 1 aromatic rings. The molecule has 20 heavy (non-hydrogen) atoms. The highest BCUT2D eigenvalue weighted by atomic mass is 32.2. The Morgan fingerprint density at radius 1 is 1.50 bits per heavy atom. The van der Waals surface area contributed by atoms with Crippen molar-refractivity contribution in [2.45, 2.75) is 23.5 Å². The van der Waals surface area contributed by atoms with Crippen molar-refractivity contribution in [1.29, 1.82) is 0 Å². The van der Waals surface area contributed by atoms with Crippen molar-refractivity contribution in [3.63, 3.8) is 0 Å². The smallest absolute Gasteiger partial charge is 0.271 e. The number of non-ortho nitro benzene ring substituents is 1. The highest BCUT2D eigenvalue weighted by molar-refractivity contribution is 7.99. The molecule has 0 fully saturated rings. The number of rotatable bonds is 7.